The van der Waals surface area contributed by atoms with Gasteiger partial charge < -0.3 is 14.4 Å². The second kappa shape index (κ2) is 9.11. The smallest absolute Gasteiger partial charge is 0.258 e. The number of benzene rings is 3. The first-order chi connectivity index (χ1) is 15.1. The lowest BCUT2D eigenvalue weighted by Crippen LogP contribution is -2.25. The zero-order chi connectivity index (χ0) is 21.8. The van der Waals surface area contributed by atoms with Crippen LogP contribution in [0.4, 0.5) is 0 Å². The number of hydrogen-bond donors (Lipinski definition) is 0. The highest BCUT2D eigenvalue weighted by molar-refractivity contribution is 6.30. The van der Waals surface area contributed by atoms with Gasteiger partial charge in [-0.3, -0.25) is 4.79 Å². The van der Waals surface area contributed by atoms with Crippen molar-refractivity contribution in [2.24, 2.45) is 0 Å². The maximum Gasteiger partial charge on any atom is 0.258 e. The molecule has 0 atom stereocenters. The van der Waals surface area contributed by atoms with Crippen LogP contribution in [-0.2, 0) is 11.3 Å². The molecule has 0 saturated heterocycles. The van der Waals surface area contributed by atoms with Crippen LogP contribution in [0, 0.1) is 0 Å². The molecule has 4 nitrogen and oxygen atoms in total. The third-order valence-corrected chi connectivity index (χ3v) is 5.40. The fourth-order valence-corrected chi connectivity index (χ4v) is 3.59. The van der Waals surface area contributed by atoms with Gasteiger partial charge in [0.05, 0.1) is 26.5 Å². The van der Waals surface area contributed by atoms with Crippen molar-refractivity contribution in [2.45, 2.75) is 6.54 Å². The van der Waals surface area contributed by atoms with Gasteiger partial charge in [-0.1, -0.05) is 48.0 Å². The summed E-state index contributed by atoms with van der Waals surface area (Å²) in [6.07, 6.45) is 3.82. The van der Waals surface area contributed by atoms with Gasteiger partial charge in [-0.05, 0) is 65.2 Å². The van der Waals surface area contributed by atoms with Crippen molar-refractivity contribution in [3.63, 3.8) is 0 Å². The molecule has 0 bridgehead atoms. The van der Waals surface area contributed by atoms with Crippen LogP contribution in [0.1, 0.15) is 16.7 Å². The zero-order valence-electron chi connectivity index (χ0n) is 17.3. The van der Waals surface area contributed by atoms with Gasteiger partial charge in [-0.25, -0.2) is 0 Å². The van der Waals surface area contributed by atoms with E-state index in [2.05, 4.69) is 0 Å². The van der Waals surface area contributed by atoms with Crippen molar-refractivity contribution < 1.29 is 14.3 Å². The fourth-order valence-electron chi connectivity index (χ4n) is 3.47. The molecule has 1 aliphatic rings. The van der Waals surface area contributed by atoms with Gasteiger partial charge in [-0.2, -0.15) is 0 Å². The molecule has 1 heterocycles. The number of halogens is 1. The van der Waals surface area contributed by atoms with Crippen LogP contribution in [0.25, 0.3) is 11.8 Å². The van der Waals surface area contributed by atoms with E-state index in [4.69, 9.17) is 21.1 Å². The number of rotatable bonds is 6. The lowest BCUT2D eigenvalue weighted by Gasteiger charge is -2.21. The third kappa shape index (κ3) is 4.65. The number of carbonyl (C=O) groups is 1. The van der Waals surface area contributed by atoms with E-state index in [1.54, 1.807) is 19.1 Å². The molecule has 0 unspecified atom stereocenters. The Bertz CT molecular complexity index is 1130. The number of hydrogen-bond acceptors (Lipinski definition) is 3. The monoisotopic (exact) mass is 431 g/mol. The van der Waals surface area contributed by atoms with E-state index in [-0.39, 0.29) is 5.91 Å². The average molecular weight is 432 g/mol. The first kappa shape index (κ1) is 20.8. The van der Waals surface area contributed by atoms with Crippen molar-refractivity contribution in [3.05, 3.63) is 106 Å². The molecule has 0 spiro atoms. The molecular formula is C26H22ClNO3. The molecule has 5 heteroatoms. The summed E-state index contributed by atoms with van der Waals surface area (Å²) in [7, 11) is 3.27. The molecule has 0 aromatic heterocycles. The van der Waals surface area contributed by atoms with Crippen molar-refractivity contribution in [1.29, 1.82) is 0 Å². The molecule has 0 aliphatic carbocycles. The van der Waals surface area contributed by atoms with E-state index in [9.17, 15) is 4.79 Å². The Balaban J connectivity index is 1.69. The summed E-state index contributed by atoms with van der Waals surface area (Å²) in [6, 6.07) is 22.9. The van der Waals surface area contributed by atoms with Gasteiger partial charge in [0.15, 0.2) is 0 Å². The third-order valence-electron chi connectivity index (χ3n) is 5.15. The molecule has 0 radical (unpaired) electrons. The van der Waals surface area contributed by atoms with Crippen molar-refractivity contribution in [1.82, 2.24) is 4.90 Å². The van der Waals surface area contributed by atoms with Crippen LogP contribution >= 0.6 is 11.6 Å². The van der Waals surface area contributed by atoms with Crippen LogP contribution in [0.2, 0.25) is 5.02 Å². The van der Waals surface area contributed by atoms with Crippen molar-refractivity contribution in [2.75, 3.05) is 14.2 Å². The van der Waals surface area contributed by atoms with Crippen molar-refractivity contribution in [3.8, 4) is 11.5 Å². The summed E-state index contributed by atoms with van der Waals surface area (Å²) < 4.78 is 10.5. The summed E-state index contributed by atoms with van der Waals surface area (Å²) >= 11 is 6.07. The Labute approximate surface area is 187 Å². The maximum atomic E-state index is 13.3. The Morgan fingerprint density at radius 1 is 0.839 bits per heavy atom. The predicted molar refractivity (Wildman–Crippen MR) is 124 cm³/mol. The first-order valence-corrected chi connectivity index (χ1v) is 10.2. The normalized spacial score (nSPS) is 14.7. The van der Waals surface area contributed by atoms with Gasteiger partial charge in [-0.15, -0.1) is 0 Å². The zero-order valence-corrected chi connectivity index (χ0v) is 18.1. The van der Waals surface area contributed by atoms with Crippen molar-refractivity contribution >= 4 is 29.3 Å². The van der Waals surface area contributed by atoms with Gasteiger partial charge >= 0.3 is 0 Å². The van der Waals surface area contributed by atoms with Gasteiger partial charge in [0.2, 0.25) is 0 Å². The van der Waals surface area contributed by atoms with Crippen LogP contribution in [0.5, 0.6) is 11.5 Å². The molecule has 0 N–H and O–H groups in total. The second-order valence-electron chi connectivity index (χ2n) is 7.15. The molecule has 0 fully saturated rings. The summed E-state index contributed by atoms with van der Waals surface area (Å²) in [5, 5.41) is 0.657. The highest BCUT2D eigenvalue weighted by atomic mass is 35.5. The maximum absolute atomic E-state index is 13.3. The van der Waals surface area contributed by atoms with Gasteiger partial charge in [0, 0.05) is 10.6 Å². The lowest BCUT2D eigenvalue weighted by molar-refractivity contribution is -0.123. The van der Waals surface area contributed by atoms with Gasteiger partial charge in [0.1, 0.15) is 11.5 Å². The molecule has 1 aliphatic heterocycles. The highest BCUT2D eigenvalue weighted by Gasteiger charge is 2.29. The van der Waals surface area contributed by atoms with Crippen LogP contribution in [0.3, 0.4) is 0 Å². The van der Waals surface area contributed by atoms with E-state index in [0.29, 0.717) is 17.1 Å². The SMILES string of the molecule is COc1ccc(C=C2C=C(c3ccc(Cl)cc3)N(Cc3ccc(OC)cc3)C2=O)cc1. The standard InChI is InChI=1S/C26H22ClNO3/c1-30-23-11-3-18(4-12-23)15-21-16-25(20-7-9-22(27)10-8-20)28(26(21)29)17-19-5-13-24(31-2)14-6-19/h3-16H,17H2,1-2H3. The summed E-state index contributed by atoms with van der Waals surface area (Å²) in [5.41, 5.74) is 4.35. The number of nitrogens with zero attached hydrogens (tertiary/aromatic N) is 1. The number of ether oxygens (including phenoxy) is 2. The number of methoxy groups -OCH3 is 2. The van der Waals surface area contributed by atoms with Crippen LogP contribution in [-0.4, -0.2) is 25.0 Å². The fraction of sp³-hybridized carbons (Fsp3) is 0.115. The average Bonchev–Trinajstić information content (AvgIpc) is 3.10. The highest BCUT2D eigenvalue weighted by Crippen LogP contribution is 2.33. The minimum atomic E-state index is -0.0448. The lowest BCUT2D eigenvalue weighted by atomic mass is 10.1. The predicted octanol–water partition coefficient (Wildman–Crippen LogP) is 5.82. The quantitative estimate of drug-likeness (QED) is 0.461. The molecule has 3 aromatic rings. The summed E-state index contributed by atoms with van der Waals surface area (Å²) in [5.74, 6) is 1.51. The van der Waals surface area contributed by atoms with E-state index in [1.165, 1.54) is 0 Å². The molecule has 31 heavy (non-hydrogen) atoms. The molecular weight excluding hydrogens is 410 g/mol. The second-order valence-corrected chi connectivity index (χ2v) is 7.59. The van der Waals surface area contributed by atoms with Crippen LogP contribution in [0.15, 0.2) is 84.4 Å². The van der Waals surface area contributed by atoms with Gasteiger partial charge in [0.25, 0.3) is 5.91 Å². The topological polar surface area (TPSA) is 38.8 Å². The summed E-state index contributed by atoms with van der Waals surface area (Å²) in [6.45, 7) is 0.456. The Morgan fingerprint density at radius 2 is 1.42 bits per heavy atom. The molecule has 4 rings (SSSR count). The Hall–Kier alpha value is -3.50. The molecule has 1 amide bonds. The van der Waals surface area contributed by atoms with E-state index in [0.717, 1.165) is 33.9 Å². The number of amides is 1. The molecule has 0 saturated carbocycles. The summed E-state index contributed by atoms with van der Waals surface area (Å²) in [4.78, 5) is 15.1. The molecule has 156 valence electrons. The largest absolute Gasteiger partial charge is 0.497 e. The van der Waals surface area contributed by atoms with E-state index < -0.39 is 0 Å². The first-order valence-electron chi connectivity index (χ1n) is 9.85. The van der Waals surface area contributed by atoms with E-state index >= 15 is 0 Å². The Morgan fingerprint density at radius 3 is 2.00 bits per heavy atom. The minimum absolute atomic E-state index is 0.0448. The molecule has 3 aromatic carbocycles. The van der Waals surface area contributed by atoms with E-state index in [1.807, 2.05) is 84.9 Å². The number of carbonyl (C=O) groups excluding carboxylic acids is 1. The Kier molecular flexibility index (Phi) is 6.10. The van der Waals surface area contributed by atoms with Crippen LogP contribution < -0.4 is 9.47 Å². The minimum Gasteiger partial charge on any atom is -0.497 e.